The third-order valence-electron chi connectivity index (χ3n) is 2.45. The van der Waals surface area contributed by atoms with E-state index in [-0.39, 0.29) is 11.8 Å². The van der Waals surface area contributed by atoms with Crippen molar-refractivity contribution >= 4 is 5.91 Å². The highest BCUT2D eigenvalue weighted by Crippen LogP contribution is 2.11. The predicted molar refractivity (Wildman–Crippen MR) is 48.6 cm³/mol. The molecule has 0 aromatic heterocycles. The van der Waals surface area contributed by atoms with Crippen LogP contribution in [0.3, 0.4) is 0 Å². The maximum Gasteiger partial charge on any atom is 0.221 e. The van der Waals surface area contributed by atoms with Gasteiger partial charge in [-0.3, -0.25) is 4.79 Å². The molecular formula is C9H18N2O. The summed E-state index contributed by atoms with van der Waals surface area (Å²) in [5, 5.41) is 3.26. The molecule has 3 nitrogen and oxygen atoms in total. The smallest absolute Gasteiger partial charge is 0.221 e. The Hall–Kier alpha value is -0.570. The molecule has 1 amide bonds. The number of carbonyl (C=O) groups is 1. The summed E-state index contributed by atoms with van der Waals surface area (Å²) in [5.41, 5.74) is 5.26. The van der Waals surface area contributed by atoms with Gasteiger partial charge in [0.2, 0.25) is 5.91 Å². The van der Waals surface area contributed by atoms with Gasteiger partial charge in [0.1, 0.15) is 0 Å². The first kappa shape index (κ1) is 9.52. The van der Waals surface area contributed by atoms with Gasteiger partial charge < -0.3 is 11.1 Å². The van der Waals surface area contributed by atoms with Crippen molar-refractivity contribution in [1.29, 1.82) is 0 Å². The quantitative estimate of drug-likeness (QED) is 0.607. The van der Waals surface area contributed by atoms with E-state index in [1.54, 1.807) is 0 Å². The Morgan fingerprint density at radius 3 is 2.75 bits per heavy atom. The summed E-state index contributed by atoms with van der Waals surface area (Å²) < 4.78 is 0. The molecule has 70 valence electrons. The van der Waals surface area contributed by atoms with Crippen molar-refractivity contribution < 1.29 is 4.79 Å². The summed E-state index contributed by atoms with van der Waals surface area (Å²) in [4.78, 5) is 10.9. The lowest BCUT2D eigenvalue weighted by atomic mass is 10.0. The lowest BCUT2D eigenvalue weighted by Crippen LogP contribution is -2.32. The summed E-state index contributed by atoms with van der Waals surface area (Å²) in [6.45, 7) is 1.80. The molecule has 0 spiro atoms. The van der Waals surface area contributed by atoms with E-state index in [1.807, 2.05) is 0 Å². The molecule has 1 heterocycles. The minimum Gasteiger partial charge on any atom is -0.369 e. The Labute approximate surface area is 73.7 Å². The van der Waals surface area contributed by atoms with E-state index in [0.29, 0.717) is 0 Å². The van der Waals surface area contributed by atoms with Gasteiger partial charge in [-0.15, -0.1) is 0 Å². The van der Waals surface area contributed by atoms with Crippen LogP contribution in [0, 0.1) is 5.92 Å². The molecule has 1 atom stereocenters. The summed E-state index contributed by atoms with van der Waals surface area (Å²) in [6, 6.07) is 0. The zero-order valence-corrected chi connectivity index (χ0v) is 7.51. The van der Waals surface area contributed by atoms with E-state index < -0.39 is 0 Å². The minimum absolute atomic E-state index is 0.0584. The number of hydrogen-bond acceptors (Lipinski definition) is 2. The van der Waals surface area contributed by atoms with Crippen molar-refractivity contribution in [2.75, 3.05) is 13.1 Å². The van der Waals surface area contributed by atoms with Crippen LogP contribution in [0.1, 0.15) is 32.1 Å². The zero-order chi connectivity index (χ0) is 8.81. The molecule has 0 aromatic carbocycles. The number of hydrogen-bond donors (Lipinski definition) is 2. The monoisotopic (exact) mass is 170 g/mol. The average molecular weight is 170 g/mol. The lowest BCUT2D eigenvalue weighted by Gasteiger charge is -2.11. The molecule has 3 heteroatoms. The normalized spacial score (nSPS) is 26.8. The third-order valence-corrected chi connectivity index (χ3v) is 2.45. The highest BCUT2D eigenvalue weighted by Gasteiger charge is 2.14. The van der Waals surface area contributed by atoms with Gasteiger partial charge in [0, 0.05) is 6.54 Å². The van der Waals surface area contributed by atoms with Crippen LogP contribution >= 0.6 is 0 Å². The van der Waals surface area contributed by atoms with Crippen LogP contribution in [-0.2, 0) is 4.79 Å². The average Bonchev–Trinajstić information content (AvgIpc) is 2.15. The van der Waals surface area contributed by atoms with Crippen LogP contribution in [0.2, 0.25) is 0 Å². The van der Waals surface area contributed by atoms with Gasteiger partial charge in [-0.2, -0.15) is 0 Å². The third kappa shape index (κ3) is 3.22. The van der Waals surface area contributed by atoms with Crippen molar-refractivity contribution in [3.63, 3.8) is 0 Å². The number of carbonyl (C=O) groups excluding carboxylic acids is 1. The van der Waals surface area contributed by atoms with Crippen molar-refractivity contribution in [3.8, 4) is 0 Å². The summed E-state index contributed by atoms with van der Waals surface area (Å²) in [6.07, 6.45) is 5.85. The molecule has 1 fully saturated rings. The largest absolute Gasteiger partial charge is 0.369 e. The van der Waals surface area contributed by atoms with Gasteiger partial charge in [0.25, 0.3) is 0 Å². The Bertz CT molecular complexity index is 137. The Morgan fingerprint density at radius 1 is 1.25 bits per heavy atom. The Balaban J connectivity index is 2.33. The molecule has 3 N–H and O–H groups in total. The van der Waals surface area contributed by atoms with Crippen LogP contribution in [0.15, 0.2) is 0 Å². The zero-order valence-electron chi connectivity index (χ0n) is 7.51. The first-order valence-corrected chi connectivity index (χ1v) is 4.81. The molecule has 1 saturated heterocycles. The van der Waals surface area contributed by atoms with E-state index in [9.17, 15) is 4.79 Å². The van der Waals surface area contributed by atoms with E-state index >= 15 is 0 Å². The first-order valence-electron chi connectivity index (χ1n) is 4.81. The van der Waals surface area contributed by atoms with Crippen LogP contribution in [0.5, 0.6) is 0 Å². The number of rotatable bonds is 1. The number of nitrogens with two attached hydrogens (primary N) is 1. The maximum absolute atomic E-state index is 10.9. The van der Waals surface area contributed by atoms with Gasteiger partial charge in [-0.25, -0.2) is 0 Å². The molecule has 1 aliphatic heterocycles. The minimum atomic E-state index is -0.149. The van der Waals surface area contributed by atoms with Gasteiger partial charge in [-0.1, -0.05) is 19.3 Å². The van der Waals surface area contributed by atoms with E-state index in [2.05, 4.69) is 5.32 Å². The molecule has 1 unspecified atom stereocenters. The van der Waals surface area contributed by atoms with Gasteiger partial charge in [0.15, 0.2) is 0 Å². The van der Waals surface area contributed by atoms with E-state index in [4.69, 9.17) is 5.73 Å². The SMILES string of the molecule is NC(=O)C1CCCCCCNC1. The molecule has 0 aliphatic carbocycles. The number of amides is 1. The van der Waals surface area contributed by atoms with Gasteiger partial charge >= 0.3 is 0 Å². The fourth-order valence-electron chi connectivity index (χ4n) is 1.62. The molecule has 1 rings (SSSR count). The molecule has 0 bridgehead atoms. The Kier molecular flexibility index (Phi) is 4.08. The lowest BCUT2D eigenvalue weighted by molar-refractivity contribution is -0.121. The second kappa shape index (κ2) is 5.14. The summed E-state index contributed by atoms with van der Waals surface area (Å²) >= 11 is 0. The van der Waals surface area contributed by atoms with Crippen LogP contribution in [0.25, 0.3) is 0 Å². The van der Waals surface area contributed by atoms with Crippen molar-refractivity contribution in [3.05, 3.63) is 0 Å². The summed E-state index contributed by atoms with van der Waals surface area (Å²) in [5.74, 6) is -0.0903. The van der Waals surface area contributed by atoms with Crippen LogP contribution in [-0.4, -0.2) is 19.0 Å². The molecular weight excluding hydrogens is 152 g/mol. The molecule has 0 radical (unpaired) electrons. The summed E-state index contributed by atoms with van der Waals surface area (Å²) in [7, 11) is 0. The van der Waals surface area contributed by atoms with Crippen LogP contribution < -0.4 is 11.1 Å². The van der Waals surface area contributed by atoms with Crippen molar-refractivity contribution in [2.45, 2.75) is 32.1 Å². The first-order chi connectivity index (χ1) is 5.80. The molecule has 12 heavy (non-hydrogen) atoms. The second-order valence-corrected chi connectivity index (χ2v) is 3.51. The van der Waals surface area contributed by atoms with Crippen LogP contribution in [0.4, 0.5) is 0 Å². The fourth-order valence-corrected chi connectivity index (χ4v) is 1.62. The van der Waals surface area contributed by atoms with Crippen molar-refractivity contribution in [2.24, 2.45) is 11.7 Å². The Morgan fingerprint density at radius 2 is 2.00 bits per heavy atom. The second-order valence-electron chi connectivity index (χ2n) is 3.51. The van der Waals surface area contributed by atoms with Gasteiger partial charge in [-0.05, 0) is 19.4 Å². The standard InChI is InChI=1S/C9H18N2O/c10-9(12)8-5-3-1-2-4-6-11-7-8/h8,11H,1-7H2,(H2,10,12). The maximum atomic E-state index is 10.9. The fraction of sp³-hybridized carbons (Fsp3) is 0.889. The molecule has 0 aromatic rings. The number of primary amides is 1. The number of nitrogens with one attached hydrogen (secondary N) is 1. The highest BCUT2D eigenvalue weighted by molar-refractivity contribution is 5.76. The molecule has 0 saturated carbocycles. The van der Waals surface area contributed by atoms with E-state index in [1.165, 1.54) is 19.3 Å². The highest BCUT2D eigenvalue weighted by atomic mass is 16.1. The predicted octanol–water partition coefficient (Wildman–Crippen LogP) is 0.642. The topological polar surface area (TPSA) is 55.1 Å². The van der Waals surface area contributed by atoms with Gasteiger partial charge in [0.05, 0.1) is 5.92 Å². The van der Waals surface area contributed by atoms with E-state index in [0.717, 1.165) is 25.9 Å². The molecule has 1 aliphatic rings. The van der Waals surface area contributed by atoms with Crippen molar-refractivity contribution in [1.82, 2.24) is 5.32 Å².